The molecule has 0 bridgehead atoms. The lowest BCUT2D eigenvalue weighted by Gasteiger charge is -2.05. The summed E-state index contributed by atoms with van der Waals surface area (Å²) in [5, 5.41) is 2.55. The minimum atomic E-state index is 0.312. The lowest BCUT2D eigenvalue weighted by Crippen LogP contribution is -2.02. The van der Waals surface area contributed by atoms with E-state index in [1.165, 1.54) is 21.7 Å². The van der Waals surface area contributed by atoms with Crippen LogP contribution in [0.15, 0.2) is 53.5 Å². The van der Waals surface area contributed by atoms with Crippen molar-refractivity contribution in [2.75, 3.05) is 0 Å². The van der Waals surface area contributed by atoms with E-state index >= 15 is 0 Å². The van der Waals surface area contributed by atoms with E-state index < -0.39 is 0 Å². The molecule has 0 saturated carbocycles. The van der Waals surface area contributed by atoms with Crippen LogP contribution in [-0.4, -0.2) is 10.3 Å². The van der Waals surface area contributed by atoms with Crippen molar-refractivity contribution in [3.05, 3.63) is 70.2 Å². The Morgan fingerprint density at radius 1 is 1.11 bits per heavy atom. The lowest BCUT2D eigenvalue weighted by atomic mass is 10.1. The average Bonchev–Trinajstić information content (AvgIpc) is 2.96. The summed E-state index contributed by atoms with van der Waals surface area (Å²) >= 11 is 7.97. The molecule has 0 amide bonds. The highest BCUT2D eigenvalue weighted by molar-refractivity contribution is 8.15. The Balaban J connectivity index is 1.73. The van der Waals surface area contributed by atoms with Gasteiger partial charge in [0.05, 0.1) is 11.1 Å². The maximum atomic E-state index is 6.06. The first-order valence-electron chi connectivity index (χ1n) is 6.39. The van der Waals surface area contributed by atoms with Gasteiger partial charge in [0.25, 0.3) is 0 Å². The third-order valence-corrected chi connectivity index (χ3v) is 5.26. The molecule has 1 aliphatic carbocycles. The summed E-state index contributed by atoms with van der Waals surface area (Å²) in [5.74, 6) is 0. The fourth-order valence-electron chi connectivity index (χ4n) is 2.85. The smallest absolute Gasteiger partial charge is 0.0988 e. The van der Waals surface area contributed by atoms with Crippen molar-refractivity contribution in [1.82, 2.24) is 0 Å². The number of nitrogens with zero attached hydrogens (tertiary/aromatic N) is 1. The molecular formula is C16H12ClNS. The van der Waals surface area contributed by atoms with Crippen molar-refractivity contribution in [2.45, 2.75) is 17.7 Å². The zero-order valence-corrected chi connectivity index (χ0v) is 11.8. The first kappa shape index (κ1) is 11.6. The second-order valence-corrected chi connectivity index (χ2v) is 6.61. The largest absolute Gasteiger partial charge is 0.269 e. The molecular weight excluding hydrogens is 274 g/mol. The molecule has 2 aliphatic rings. The van der Waals surface area contributed by atoms with E-state index in [0.717, 1.165) is 11.4 Å². The SMILES string of the molecule is Clc1ccc2c(c1)CC1SC(c3ccccc3)=NC21. The van der Waals surface area contributed by atoms with Gasteiger partial charge in [-0.3, -0.25) is 4.99 Å². The predicted octanol–water partition coefficient (Wildman–Crippen LogP) is 4.50. The van der Waals surface area contributed by atoms with Gasteiger partial charge in [-0.25, -0.2) is 0 Å². The highest BCUT2D eigenvalue weighted by Gasteiger charge is 2.38. The molecule has 19 heavy (non-hydrogen) atoms. The van der Waals surface area contributed by atoms with Crippen molar-refractivity contribution in [3.8, 4) is 0 Å². The van der Waals surface area contributed by atoms with Crippen molar-refractivity contribution >= 4 is 28.4 Å². The van der Waals surface area contributed by atoms with Gasteiger partial charge in [0.15, 0.2) is 0 Å². The summed E-state index contributed by atoms with van der Waals surface area (Å²) in [5.41, 5.74) is 3.95. The number of thioether (sulfide) groups is 1. The Morgan fingerprint density at radius 2 is 1.95 bits per heavy atom. The molecule has 4 rings (SSSR count). The molecule has 1 aliphatic heterocycles. The van der Waals surface area contributed by atoms with E-state index in [4.69, 9.17) is 16.6 Å². The van der Waals surface area contributed by atoms with Gasteiger partial charge in [-0.15, -0.1) is 0 Å². The minimum Gasteiger partial charge on any atom is -0.269 e. The summed E-state index contributed by atoms with van der Waals surface area (Å²) < 4.78 is 0. The molecule has 2 unspecified atom stereocenters. The van der Waals surface area contributed by atoms with Crippen molar-refractivity contribution in [2.24, 2.45) is 4.99 Å². The van der Waals surface area contributed by atoms with E-state index in [1.54, 1.807) is 0 Å². The van der Waals surface area contributed by atoms with Crippen molar-refractivity contribution < 1.29 is 0 Å². The molecule has 0 aromatic heterocycles. The highest BCUT2D eigenvalue weighted by Crippen LogP contribution is 2.47. The maximum absolute atomic E-state index is 6.06. The molecule has 94 valence electrons. The van der Waals surface area contributed by atoms with Gasteiger partial charge in [-0.05, 0) is 29.7 Å². The van der Waals surface area contributed by atoms with Crippen LogP contribution < -0.4 is 0 Å². The van der Waals surface area contributed by atoms with Gasteiger partial charge in [-0.2, -0.15) is 0 Å². The number of halogens is 1. The highest BCUT2D eigenvalue weighted by atomic mass is 35.5. The molecule has 1 heterocycles. The molecule has 0 fully saturated rings. The summed E-state index contributed by atoms with van der Waals surface area (Å²) in [6.45, 7) is 0. The van der Waals surface area contributed by atoms with Gasteiger partial charge in [0.2, 0.25) is 0 Å². The number of aliphatic imine (C=N–C) groups is 1. The predicted molar refractivity (Wildman–Crippen MR) is 82.3 cm³/mol. The summed E-state index contributed by atoms with van der Waals surface area (Å²) in [6, 6.07) is 17.0. The third-order valence-electron chi connectivity index (χ3n) is 3.74. The number of hydrogen-bond acceptors (Lipinski definition) is 2. The van der Waals surface area contributed by atoms with Crippen LogP contribution >= 0.6 is 23.4 Å². The Kier molecular flexibility index (Phi) is 2.68. The maximum Gasteiger partial charge on any atom is 0.0988 e. The number of fused-ring (bicyclic) bond motifs is 3. The van der Waals surface area contributed by atoms with Crippen molar-refractivity contribution in [3.63, 3.8) is 0 Å². The second kappa shape index (κ2) is 4.39. The van der Waals surface area contributed by atoms with Gasteiger partial charge in [0, 0.05) is 15.8 Å². The molecule has 2 aromatic carbocycles. The van der Waals surface area contributed by atoms with E-state index in [2.05, 4.69) is 36.4 Å². The van der Waals surface area contributed by atoms with Crippen LogP contribution in [0.1, 0.15) is 22.7 Å². The quantitative estimate of drug-likeness (QED) is 0.751. The average molecular weight is 286 g/mol. The third kappa shape index (κ3) is 1.90. The molecule has 0 radical (unpaired) electrons. The van der Waals surface area contributed by atoms with Crippen molar-refractivity contribution in [1.29, 1.82) is 0 Å². The normalized spacial score (nSPS) is 23.9. The lowest BCUT2D eigenvalue weighted by molar-refractivity contribution is 0.751. The zero-order valence-electron chi connectivity index (χ0n) is 10.2. The van der Waals surface area contributed by atoms with Gasteiger partial charge >= 0.3 is 0 Å². The van der Waals surface area contributed by atoms with Crippen LogP contribution in [0, 0.1) is 0 Å². The molecule has 2 atom stereocenters. The summed E-state index contributed by atoms with van der Waals surface area (Å²) in [7, 11) is 0. The first-order chi connectivity index (χ1) is 9.31. The summed E-state index contributed by atoms with van der Waals surface area (Å²) in [4.78, 5) is 4.93. The van der Waals surface area contributed by atoms with Gasteiger partial charge < -0.3 is 0 Å². The Morgan fingerprint density at radius 3 is 2.79 bits per heavy atom. The molecule has 3 heteroatoms. The van der Waals surface area contributed by atoms with E-state index in [9.17, 15) is 0 Å². The van der Waals surface area contributed by atoms with E-state index in [0.29, 0.717) is 11.3 Å². The Labute approximate surface area is 121 Å². The summed E-state index contributed by atoms with van der Waals surface area (Å²) in [6.07, 6.45) is 1.07. The fourth-order valence-corrected chi connectivity index (χ4v) is 4.38. The zero-order chi connectivity index (χ0) is 12.8. The molecule has 1 nitrogen and oxygen atoms in total. The standard InChI is InChI=1S/C16H12ClNS/c17-12-6-7-13-11(8-12)9-14-15(13)18-16(19-14)10-4-2-1-3-5-10/h1-8,14-15H,9H2. The van der Waals surface area contributed by atoms with Gasteiger partial charge in [0.1, 0.15) is 0 Å². The van der Waals surface area contributed by atoms with Crippen LogP contribution in [0.25, 0.3) is 0 Å². The van der Waals surface area contributed by atoms with Crippen LogP contribution in [0.4, 0.5) is 0 Å². The van der Waals surface area contributed by atoms with Gasteiger partial charge in [-0.1, -0.05) is 59.8 Å². The minimum absolute atomic E-state index is 0.312. The first-order valence-corrected chi connectivity index (χ1v) is 7.65. The number of hydrogen-bond donors (Lipinski definition) is 0. The monoisotopic (exact) mass is 285 g/mol. The topological polar surface area (TPSA) is 12.4 Å². The molecule has 0 N–H and O–H groups in total. The Bertz CT molecular complexity index is 666. The number of rotatable bonds is 1. The molecule has 2 aromatic rings. The fraction of sp³-hybridized carbons (Fsp3) is 0.188. The van der Waals surface area contributed by atoms with Crippen LogP contribution in [0.5, 0.6) is 0 Å². The van der Waals surface area contributed by atoms with Crippen LogP contribution in [-0.2, 0) is 6.42 Å². The van der Waals surface area contributed by atoms with E-state index in [1.807, 2.05) is 23.9 Å². The van der Waals surface area contributed by atoms with Crippen LogP contribution in [0.3, 0.4) is 0 Å². The number of benzene rings is 2. The molecule has 0 saturated heterocycles. The van der Waals surface area contributed by atoms with Crippen LogP contribution in [0.2, 0.25) is 5.02 Å². The Hall–Kier alpha value is -1.25. The molecule has 0 spiro atoms. The second-order valence-electron chi connectivity index (χ2n) is 4.95. The van der Waals surface area contributed by atoms with E-state index in [-0.39, 0.29) is 0 Å².